The van der Waals surface area contributed by atoms with Crippen LogP contribution in [-0.2, 0) is 14.3 Å². The lowest BCUT2D eigenvalue weighted by atomic mass is 10.0. The van der Waals surface area contributed by atoms with Crippen LogP contribution in [0.3, 0.4) is 0 Å². The van der Waals surface area contributed by atoms with Gasteiger partial charge in [0.05, 0.1) is 29.0 Å². The molecule has 8 heteroatoms. The second-order valence-electron chi connectivity index (χ2n) is 6.11. The fourth-order valence-corrected chi connectivity index (χ4v) is 2.89. The number of primary amides is 1. The number of aromatic nitrogens is 2. The Morgan fingerprint density at radius 1 is 1.14 bits per heavy atom. The van der Waals surface area contributed by atoms with E-state index in [1.165, 1.54) is 6.08 Å². The third-order valence-corrected chi connectivity index (χ3v) is 4.37. The quantitative estimate of drug-likeness (QED) is 0.364. The van der Waals surface area contributed by atoms with Gasteiger partial charge in [0, 0.05) is 16.7 Å². The summed E-state index contributed by atoms with van der Waals surface area (Å²) in [6, 6.07) is 13.5. The van der Waals surface area contributed by atoms with Crippen molar-refractivity contribution >= 4 is 46.3 Å². The number of nitrogens with two attached hydrogens (primary N) is 1. The first-order valence-electron chi connectivity index (χ1n) is 8.80. The average Bonchev–Trinajstić information content (AvgIpc) is 2.69. The molecule has 1 aromatic heterocycles. The SMILES string of the molecule is CCOC(=O)[C@H](C(N)=O)c1nc2ccccc2nc1C=C(O)c1ccc(Cl)cc1. The van der Waals surface area contributed by atoms with Crippen molar-refractivity contribution in [2.24, 2.45) is 5.73 Å². The molecule has 0 aliphatic rings. The van der Waals surface area contributed by atoms with E-state index in [4.69, 9.17) is 22.1 Å². The van der Waals surface area contributed by atoms with E-state index < -0.39 is 17.8 Å². The topological polar surface area (TPSA) is 115 Å². The number of carbonyl (C=O) groups is 2. The summed E-state index contributed by atoms with van der Waals surface area (Å²) in [6.07, 6.45) is 1.33. The summed E-state index contributed by atoms with van der Waals surface area (Å²) >= 11 is 5.88. The third-order valence-electron chi connectivity index (χ3n) is 4.12. The summed E-state index contributed by atoms with van der Waals surface area (Å²) in [6.45, 7) is 1.69. The zero-order valence-electron chi connectivity index (χ0n) is 15.5. The number of aliphatic hydroxyl groups is 1. The minimum absolute atomic E-state index is 0.00941. The molecular weight excluding hydrogens is 394 g/mol. The van der Waals surface area contributed by atoms with Gasteiger partial charge in [-0.15, -0.1) is 0 Å². The van der Waals surface area contributed by atoms with Crippen molar-refractivity contribution in [1.82, 2.24) is 9.97 Å². The van der Waals surface area contributed by atoms with E-state index in [1.807, 2.05) is 0 Å². The van der Waals surface area contributed by atoms with Crippen LogP contribution < -0.4 is 5.73 Å². The Morgan fingerprint density at radius 2 is 1.76 bits per heavy atom. The number of halogens is 1. The van der Waals surface area contributed by atoms with Gasteiger partial charge in [-0.1, -0.05) is 23.7 Å². The molecule has 0 aliphatic heterocycles. The van der Waals surface area contributed by atoms with E-state index in [0.29, 0.717) is 21.6 Å². The molecule has 29 heavy (non-hydrogen) atoms. The minimum Gasteiger partial charge on any atom is -0.507 e. The summed E-state index contributed by atoms with van der Waals surface area (Å²) in [4.78, 5) is 33.3. The van der Waals surface area contributed by atoms with Gasteiger partial charge in [-0.3, -0.25) is 9.59 Å². The van der Waals surface area contributed by atoms with Crippen LogP contribution in [0.5, 0.6) is 0 Å². The first-order valence-corrected chi connectivity index (χ1v) is 9.17. The number of carbonyl (C=O) groups excluding carboxylic acids is 2. The number of rotatable bonds is 6. The molecule has 0 saturated heterocycles. The summed E-state index contributed by atoms with van der Waals surface area (Å²) in [5.74, 6) is -3.35. The average molecular weight is 412 g/mol. The van der Waals surface area contributed by atoms with E-state index in [9.17, 15) is 14.7 Å². The molecule has 0 aliphatic carbocycles. The maximum absolute atomic E-state index is 12.4. The fourth-order valence-electron chi connectivity index (χ4n) is 2.77. The fraction of sp³-hybridized carbons (Fsp3) is 0.143. The number of hydrogen-bond donors (Lipinski definition) is 2. The van der Waals surface area contributed by atoms with Crippen molar-refractivity contribution in [3.8, 4) is 0 Å². The second-order valence-corrected chi connectivity index (χ2v) is 6.54. The van der Waals surface area contributed by atoms with Crippen molar-refractivity contribution in [3.05, 3.63) is 70.5 Å². The number of amides is 1. The van der Waals surface area contributed by atoms with E-state index in [-0.39, 0.29) is 23.8 Å². The lowest BCUT2D eigenvalue weighted by Crippen LogP contribution is -2.31. The highest BCUT2D eigenvalue weighted by molar-refractivity contribution is 6.30. The van der Waals surface area contributed by atoms with Crippen molar-refractivity contribution in [2.75, 3.05) is 6.61 Å². The van der Waals surface area contributed by atoms with E-state index in [0.717, 1.165) is 0 Å². The van der Waals surface area contributed by atoms with E-state index in [2.05, 4.69) is 9.97 Å². The van der Waals surface area contributed by atoms with Crippen LogP contribution in [0.2, 0.25) is 5.02 Å². The van der Waals surface area contributed by atoms with Crippen LogP contribution in [0.15, 0.2) is 48.5 Å². The number of nitrogens with zero attached hydrogens (tertiary/aromatic N) is 2. The summed E-state index contributed by atoms with van der Waals surface area (Å²) in [7, 11) is 0. The van der Waals surface area contributed by atoms with Gasteiger partial charge in [0.1, 0.15) is 5.76 Å². The number of para-hydroxylation sites is 2. The Kier molecular flexibility index (Phi) is 6.09. The molecule has 1 atom stereocenters. The Bertz CT molecular complexity index is 1100. The largest absolute Gasteiger partial charge is 0.507 e. The Morgan fingerprint density at radius 3 is 2.34 bits per heavy atom. The van der Waals surface area contributed by atoms with Crippen LogP contribution in [0.4, 0.5) is 0 Å². The standard InChI is InChI=1S/C21H18ClN3O4/c1-2-29-21(28)18(20(23)27)19-16(24-14-5-3-4-6-15(14)25-19)11-17(26)12-7-9-13(22)10-8-12/h3-11,18,26H,2H2,1H3,(H2,23,27)/t18-/m0/s1. The molecule has 2 aromatic carbocycles. The van der Waals surface area contributed by atoms with Gasteiger partial charge in [-0.2, -0.15) is 0 Å². The predicted octanol–water partition coefficient (Wildman–Crippen LogP) is 3.47. The number of esters is 1. The van der Waals surface area contributed by atoms with Crippen molar-refractivity contribution in [3.63, 3.8) is 0 Å². The van der Waals surface area contributed by atoms with Gasteiger partial charge in [-0.05, 0) is 43.3 Å². The number of benzene rings is 2. The minimum atomic E-state index is -1.46. The normalized spacial score (nSPS) is 12.6. The highest BCUT2D eigenvalue weighted by Crippen LogP contribution is 2.25. The molecule has 3 aromatic rings. The summed E-state index contributed by atoms with van der Waals surface area (Å²) in [5.41, 5.74) is 7.08. The second kappa shape index (κ2) is 8.70. The number of ether oxygens (including phenoxy) is 1. The predicted molar refractivity (Wildman–Crippen MR) is 110 cm³/mol. The lowest BCUT2D eigenvalue weighted by Gasteiger charge is -2.15. The molecule has 148 valence electrons. The van der Waals surface area contributed by atoms with Gasteiger partial charge in [0.2, 0.25) is 5.91 Å². The molecule has 3 N–H and O–H groups in total. The van der Waals surface area contributed by atoms with Crippen LogP contribution in [0, 0.1) is 0 Å². The highest BCUT2D eigenvalue weighted by Gasteiger charge is 2.32. The molecule has 0 fully saturated rings. The Hall–Kier alpha value is -3.45. The monoisotopic (exact) mass is 411 g/mol. The Labute approximate surface area is 171 Å². The van der Waals surface area contributed by atoms with Gasteiger partial charge in [-0.25, -0.2) is 9.97 Å². The van der Waals surface area contributed by atoms with Gasteiger partial charge in [0.25, 0.3) is 0 Å². The molecule has 0 bridgehead atoms. The van der Waals surface area contributed by atoms with Crippen molar-refractivity contribution in [1.29, 1.82) is 0 Å². The van der Waals surface area contributed by atoms with Crippen LogP contribution in [0.25, 0.3) is 22.9 Å². The third kappa shape index (κ3) is 4.52. The first-order chi connectivity index (χ1) is 13.9. The van der Waals surface area contributed by atoms with Crippen molar-refractivity contribution < 1.29 is 19.4 Å². The molecule has 1 amide bonds. The molecule has 0 spiro atoms. The van der Waals surface area contributed by atoms with Gasteiger partial charge < -0.3 is 15.6 Å². The van der Waals surface area contributed by atoms with Gasteiger partial charge >= 0.3 is 5.97 Å². The zero-order valence-corrected chi connectivity index (χ0v) is 16.3. The number of aliphatic hydroxyl groups excluding tert-OH is 1. The number of hydrogen-bond acceptors (Lipinski definition) is 6. The molecular formula is C21H18ClN3O4. The van der Waals surface area contributed by atoms with Crippen LogP contribution >= 0.6 is 11.6 Å². The zero-order chi connectivity index (χ0) is 21.0. The summed E-state index contributed by atoms with van der Waals surface area (Å²) < 4.78 is 4.98. The van der Waals surface area contributed by atoms with Crippen LogP contribution in [-0.4, -0.2) is 33.6 Å². The smallest absolute Gasteiger partial charge is 0.324 e. The number of fused-ring (bicyclic) bond motifs is 1. The first kappa shape index (κ1) is 20.3. The van der Waals surface area contributed by atoms with Crippen LogP contribution in [0.1, 0.15) is 29.8 Å². The van der Waals surface area contributed by atoms with Gasteiger partial charge in [0.15, 0.2) is 5.92 Å². The molecule has 0 saturated carbocycles. The molecule has 7 nitrogen and oxygen atoms in total. The molecule has 1 heterocycles. The molecule has 0 radical (unpaired) electrons. The van der Waals surface area contributed by atoms with E-state index >= 15 is 0 Å². The maximum Gasteiger partial charge on any atom is 0.324 e. The highest BCUT2D eigenvalue weighted by atomic mass is 35.5. The lowest BCUT2D eigenvalue weighted by molar-refractivity contribution is -0.147. The maximum atomic E-state index is 12.4. The molecule has 3 rings (SSSR count). The molecule has 0 unspecified atom stereocenters. The summed E-state index contributed by atoms with van der Waals surface area (Å²) in [5, 5.41) is 11.1. The van der Waals surface area contributed by atoms with Crippen molar-refractivity contribution in [2.45, 2.75) is 12.8 Å². The Balaban J connectivity index is 2.19. The van der Waals surface area contributed by atoms with E-state index in [1.54, 1.807) is 55.5 Å².